The van der Waals surface area contributed by atoms with E-state index in [0.29, 0.717) is 0 Å². The van der Waals surface area contributed by atoms with Gasteiger partial charge in [-0.1, -0.05) is 0 Å². The zero-order valence-electron chi connectivity index (χ0n) is 23.4. The second kappa shape index (κ2) is 15.5. The smallest absolute Gasteiger partial charge is 0.187 e. The molecule has 2 saturated heterocycles. The van der Waals surface area contributed by atoms with Gasteiger partial charge in [0.1, 0.15) is 61.0 Å². The van der Waals surface area contributed by atoms with Crippen LogP contribution in [0.25, 0.3) is 0 Å². The Morgan fingerprint density at radius 2 is 1.53 bits per heavy atom. The van der Waals surface area contributed by atoms with Gasteiger partial charge in [0.15, 0.2) is 30.5 Å². The van der Waals surface area contributed by atoms with Gasteiger partial charge in [0.2, 0.25) is 0 Å². The molecule has 3 aliphatic rings. The van der Waals surface area contributed by atoms with E-state index < -0.39 is 123 Å². The molecule has 2 heterocycles. The third kappa shape index (κ3) is 8.13. The van der Waals surface area contributed by atoms with Crippen molar-refractivity contribution in [3.8, 4) is 0 Å². The molecule has 2 aliphatic heterocycles. The molecule has 0 bridgehead atoms. The SMILES string of the molecule is NCC[C@H](O)C(=O)C[C@@H]1CC(N)[C@@H](O[C@H]2OC(CN)[C@@H](O)[C@H](O)C2O)[C@H](F)C1OC1O[C@H](CO)[C@@H](O)C(N=C(N)N)[C@H]1O. The monoisotopic (exact) mass is 628 g/mol. The first-order valence-electron chi connectivity index (χ1n) is 14.0. The summed E-state index contributed by atoms with van der Waals surface area (Å²) in [7, 11) is 0. The minimum absolute atomic E-state index is 0.00584. The Morgan fingerprint density at radius 3 is 2.12 bits per heavy atom. The van der Waals surface area contributed by atoms with Gasteiger partial charge in [0, 0.05) is 19.0 Å². The third-order valence-electron chi connectivity index (χ3n) is 7.99. The number of ketones is 1. The van der Waals surface area contributed by atoms with Crippen molar-refractivity contribution in [1.29, 1.82) is 0 Å². The summed E-state index contributed by atoms with van der Waals surface area (Å²) in [6, 6.07) is -2.59. The first kappa shape index (κ1) is 35.8. The molecular weight excluding hydrogens is 583 g/mol. The molecule has 0 aromatic rings. The number of hydrogen-bond acceptors (Lipinski definition) is 16. The summed E-state index contributed by atoms with van der Waals surface area (Å²) in [5.41, 5.74) is 28.1. The molecule has 18 nitrogen and oxygen atoms in total. The van der Waals surface area contributed by atoms with E-state index in [1.54, 1.807) is 0 Å². The van der Waals surface area contributed by atoms with E-state index in [1.165, 1.54) is 0 Å². The Kier molecular flexibility index (Phi) is 12.9. The maximum atomic E-state index is 16.4. The van der Waals surface area contributed by atoms with E-state index in [9.17, 15) is 40.5 Å². The number of aliphatic hydroxyl groups is 7. The van der Waals surface area contributed by atoms with Crippen LogP contribution in [0.3, 0.4) is 0 Å². The van der Waals surface area contributed by atoms with Crippen LogP contribution in [-0.4, -0.2) is 159 Å². The number of carbonyl (C=O) groups excluding carboxylic acids is 1. The molecule has 0 aromatic heterocycles. The number of Topliss-reactive ketones (excluding diaryl/α,β-unsaturated/α-hetero) is 1. The van der Waals surface area contributed by atoms with Crippen LogP contribution in [0.15, 0.2) is 4.99 Å². The highest BCUT2D eigenvalue weighted by Crippen LogP contribution is 2.38. The van der Waals surface area contributed by atoms with Crippen molar-refractivity contribution in [2.75, 3.05) is 19.7 Å². The maximum Gasteiger partial charge on any atom is 0.187 e. The minimum Gasteiger partial charge on any atom is -0.394 e. The maximum absolute atomic E-state index is 16.4. The average Bonchev–Trinajstić information content (AvgIpc) is 2.96. The topological polar surface area (TPSA) is 338 Å². The normalized spacial score (nSPS) is 44.5. The number of nitrogens with two attached hydrogens (primary N) is 5. The number of nitrogens with zero attached hydrogens (tertiary/aromatic N) is 1. The summed E-state index contributed by atoms with van der Waals surface area (Å²) >= 11 is 0. The third-order valence-corrected chi connectivity index (χ3v) is 7.99. The number of halogens is 1. The number of ether oxygens (including phenoxy) is 4. The lowest BCUT2D eigenvalue weighted by Gasteiger charge is -2.48. The van der Waals surface area contributed by atoms with Crippen molar-refractivity contribution in [2.45, 2.75) is 111 Å². The standard InChI is InChI=1S/C24H45FN6O12/c25-13-20(42-22-17(37)14(31-24(29)30)15(35)12(6-32)41-22)7(4-10(34)9(33)1-2-26)3-8(28)21(13)43-23-19(39)18(38)16(36)11(5-27)40-23/h7-9,11-23,32-33,35-39H,1-6,26-28H2,(H4,29,30,31)/t7-,8?,9-,11?,12+,13+,14?,15+,16+,17+,18-,19?,20?,21+,22?,23+/m0/s1. The molecule has 0 aromatic carbocycles. The lowest BCUT2D eigenvalue weighted by atomic mass is 9.77. The van der Waals surface area contributed by atoms with E-state index in [1.807, 2.05) is 0 Å². The molecule has 0 amide bonds. The number of guanidine groups is 1. The van der Waals surface area contributed by atoms with Crippen molar-refractivity contribution in [1.82, 2.24) is 0 Å². The summed E-state index contributed by atoms with van der Waals surface area (Å²) in [6.45, 7) is -1.02. The second-order valence-corrected chi connectivity index (χ2v) is 11.1. The molecule has 3 rings (SSSR count). The number of aliphatic hydroxyl groups excluding tert-OH is 7. The average molecular weight is 629 g/mol. The molecule has 3 fully saturated rings. The molecule has 0 spiro atoms. The van der Waals surface area contributed by atoms with Crippen LogP contribution in [0.5, 0.6) is 0 Å². The molecule has 16 atom stereocenters. The Bertz CT molecular complexity index is 937. The molecule has 19 heteroatoms. The lowest BCUT2D eigenvalue weighted by molar-refractivity contribution is -0.330. The highest BCUT2D eigenvalue weighted by Gasteiger charge is 2.53. The molecule has 1 saturated carbocycles. The number of alkyl halides is 1. The molecule has 43 heavy (non-hydrogen) atoms. The van der Waals surface area contributed by atoms with Crippen molar-refractivity contribution in [3.05, 3.63) is 0 Å². The Hall–Kier alpha value is -1.69. The summed E-state index contributed by atoms with van der Waals surface area (Å²) in [5, 5.41) is 72.0. The highest BCUT2D eigenvalue weighted by molar-refractivity contribution is 5.83. The summed E-state index contributed by atoms with van der Waals surface area (Å²) in [5.74, 6) is -2.21. The Morgan fingerprint density at radius 1 is 0.930 bits per heavy atom. The predicted molar refractivity (Wildman–Crippen MR) is 143 cm³/mol. The van der Waals surface area contributed by atoms with Crippen LogP contribution >= 0.6 is 0 Å². The second-order valence-electron chi connectivity index (χ2n) is 11.1. The summed E-state index contributed by atoms with van der Waals surface area (Å²) < 4.78 is 38.9. The van der Waals surface area contributed by atoms with Gasteiger partial charge in [-0.3, -0.25) is 4.79 Å². The van der Waals surface area contributed by atoms with Gasteiger partial charge in [-0.05, 0) is 25.3 Å². The number of rotatable bonds is 12. The Labute approximate surface area is 246 Å². The number of carbonyl (C=O) groups is 1. The van der Waals surface area contributed by atoms with Gasteiger partial charge in [0.05, 0.1) is 12.7 Å². The van der Waals surface area contributed by atoms with Crippen LogP contribution in [0.2, 0.25) is 0 Å². The van der Waals surface area contributed by atoms with E-state index >= 15 is 4.39 Å². The fraction of sp³-hybridized carbons (Fsp3) is 0.917. The first-order valence-corrected chi connectivity index (χ1v) is 14.0. The zero-order chi connectivity index (χ0) is 32.2. The van der Waals surface area contributed by atoms with Crippen LogP contribution < -0.4 is 28.7 Å². The van der Waals surface area contributed by atoms with E-state index in [2.05, 4.69) is 4.99 Å². The first-order chi connectivity index (χ1) is 20.2. The van der Waals surface area contributed by atoms with E-state index in [-0.39, 0.29) is 25.9 Å². The van der Waals surface area contributed by atoms with Gasteiger partial charge in [-0.2, -0.15) is 0 Å². The van der Waals surface area contributed by atoms with Crippen LogP contribution in [0.1, 0.15) is 19.3 Å². The van der Waals surface area contributed by atoms with Crippen LogP contribution in [-0.2, 0) is 23.7 Å². The highest BCUT2D eigenvalue weighted by atomic mass is 19.1. The summed E-state index contributed by atoms with van der Waals surface area (Å²) in [4.78, 5) is 16.5. The predicted octanol–water partition coefficient (Wildman–Crippen LogP) is -7.04. The van der Waals surface area contributed by atoms with Gasteiger partial charge in [-0.25, -0.2) is 9.38 Å². The zero-order valence-corrected chi connectivity index (χ0v) is 23.4. The van der Waals surface area contributed by atoms with Gasteiger partial charge < -0.3 is 83.4 Å². The van der Waals surface area contributed by atoms with E-state index in [4.69, 9.17) is 47.6 Å². The molecule has 6 unspecified atom stereocenters. The van der Waals surface area contributed by atoms with Crippen molar-refractivity contribution >= 4 is 11.7 Å². The van der Waals surface area contributed by atoms with Crippen molar-refractivity contribution < 1.29 is 63.9 Å². The van der Waals surface area contributed by atoms with Crippen LogP contribution in [0, 0.1) is 5.92 Å². The molecule has 0 radical (unpaired) electrons. The number of aliphatic imine (C=N–C) groups is 1. The van der Waals surface area contributed by atoms with Gasteiger partial charge >= 0.3 is 0 Å². The Balaban J connectivity index is 1.90. The number of hydrogen-bond donors (Lipinski definition) is 12. The minimum atomic E-state index is -2.21. The van der Waals surface area contributed by atoms with Crippen molar-refractivity contribution in [2.24, 2.45) is 39.6 Å². The van der Waals surface area contributed by atoms with Crippen molar-refractivity contribution in [3.63, 3.8) is 0 Å². The fourth-order valence-electron chi connectivity index (χ4n) is 5.61. The lowest BCUT2D eigenvalue weighted by Crippen LogP contribution is -2.65. The van der Waals surface area contributed by atoms with Gasteiger partial charge in [-0.15, -0.1) is 0 Å². The van der Waals surface area contributed by atoms with Gasteiger partial charge in [0.25, 0.3) is 0 Å². The molecule has 1 aliphatic carbocycles. The largest absolute Gasteiger partial charge is 0.394 e. The van der Waals surface area contributed by atoms with Crippen LogP contribution in [0.4, 0.5) is 4.39 Å². The molecule has 17 N–H and O–H groups in total. The molecular formula is C24H45FN6O12. The summed E-state index contributed by atoms with van der Waals surface area (Å²) in [6.07, 6.45) is -21.9. The van der Waals surface area contributed by atoms with E-state index in [0.717, 1.165) is 0 Å². The quantitative estimate of drug-likeness (QED) is 0.0705. The molecule has 250 valence electrons. The fourth-order valence-corrected chi connectivity index (χ4v) is 5.61.